The van der Waals surface area contributed by atoms with Gasteiger partial charge in [-0.1, -0.05) is 31.4 Å². The Bertz CT molecular complexity index is 769. The van der Waals surface area contributed by atoms with Crippen LogP contribution in [-0.4, -0.2) is 68.2 Å². The largest absolute Gasteiger partial charge is 0.482 e. The van der Waals surface area contributed by atoms with Crippen molar-refractivity contribution < 1.29 is 9.53 Å². The minimum absolute atomic E-state index is 0.0161. The van der Waals surface area contributed by atoms with E-state index < -0.39 is 0 Å². The van der Waals surface area contributed by atoms with Crippen molar-refractivity contribution in [2.45, 2.75) is 70.4 Å². The Labute approximate surface area is 192 Å². The van der Waals surface area contributed by atoms with Gasteiger partial charge in [0.15, 0.2) is 12.6 Å². The second kappa shape index (κ2) is 11.5. The molecule has 0 bridgehead atoms. The van der Waals surface area contributed by atoms with Gasteiger partial charge in [-0.3, -0.25) is 9.79 Å². The van der Waals surface area contributed by atoms with Crippen LogP contribution in [0.4, 0.5) is 5.69 Å². The molecule has 7 nitrogen and oxygen atoms in total. The van der Waals surface area contributed by atoms with Crippen molar-refractivity contribution >= 4 is 17.6 Å². The number of carbonyl (C=O) groups excluding carboxylic acids is 1. The van der Waals surface area contributed by atoms with Crippen LogP contribution >= 0.6 is 0 Å². The summed E-state index contributed by atoms with van der Waals surface area (Å²) in [7, 11) is 0. The van der Waals surface area contributed by atoms with Gasteiger partial charge in [0.2, 0.25) is 0 Å². The molecule has 1 aromatic rings. The summed E-state index contributed by atoms with van der Waals surface area (Å²) >= 11 is 0. The summed E-state index contributed by atoms with van der Waals surface area (Å²) in [6.07, 6.45) is 10.2. The third-order valence-corrected chi connectivity index (χ3v) is 6.92. The molecule has 1 saturated carbocycles. The lowest BCUT2D eigenvalue weighted by Gasteiger charge is -2.39. The number of rotatable bonds is 7. The maximum Gasteiger partial charge on any atom is 0.265 e. The second-order valence-electron chi connectivity index (χ2n) is 9.16. The number of aliphatic imine (C=N–C) groups is 1. The fraction of sp³-hybridized carbons (Fsp3) is 0.680. The summed E-state index contributed by atoms with van der Waals surface area (Å²) in [5.74, 6) is 1.70. The highest BCUT2D eigenvalue weighted by atomic mass is 16.5. The Balaban J connectivity index is 1.24. The van der Waals surface area contributed by atoms with Crippen LogP contribution in [0.2, 0.25) is 0 Å². The molecular weight excluding hydrogens is 402 g/mol. The normalized spacial score (nSPS) is 21.2. The van der Waals surface area contributed by atoms with Gasteiger partial charge in [0.05, 0.1) is 5.69 Å². The van der Waals surface area contributed by atoms with Crippen LogP contribution in [0.3, 0.4) is 0 Å². The molecule has 4 rings (SSSR count). The van der Waals surface area contributed by atoms with Crippen molar-refractivity contribution in [3.05, 3.63) is 24.3 Å². The minimum Gasteiger partial charge on any atom is -0.482 e. The first-order valence-corrected chi connectivity index (χ1v) is 12.6. The van der Waals surface area contributed by atoms with Gasteiger partial charge in [0.25, 0.3) is 5.91 Å². The number of piperidine rings is 1. The lowest BCUT2D eigenvalue weighted by atomic mass is 9.92. The highest BCUT2D eigenvalue weighted by Crippen LogP contribution is 2.31. The van der Waals surface area contributed by atoms with Crippen LogP contribution in [0.25, 0.3) is 0 Å². The van der Waals surface area contributed by atoms with Gasteiger partial charge in [-0.25, -0.2) is 0 Å². The molecule has 3 aliphatic rings. The van der Waals surface area contributed by atoms with Crippen molar-refractivity contribution in [3.63, 3.8) is 0 Å². The van der Waals surface area contributed by atoms with Crippen LogP contribution in [0.5, 0.6) is 5.75 Å². The number of ether oxygens (including phenoxy) is 1. The first-order valence-electron chi connectivity index (χ1n) is 12.6. The number of hydrogen-bond acceptors (Lipinski definition) is 4. The second-order valence-corrected chi connectivity index (χ2v) is 9.16. The number of amides is 1. The molecule has 1 amide bonds. The lowest BCUT2D eigenvalue weighted by molar-refractivity contribution is -0.121. The molecule has 2 heterocycles. The fourth-order valence-electron chi connectivity index (χ4n) is 5.19. The first kappa shape index (κ1) is 22.9. The van der Waals surface area contributed by atoms with E-state index >= 15 is 0 Å². The van der Waals surface area contributed by atoms with Crippen LogP contribution in [0, 0.1) is 0 Å². The van der Waals surface area contributed by atoms with Crippen LogP contribution in [0.1, 0.15) is 58.3 Å². The molecule has 0 atom stereocenters. The van der Waals surface area contributed by atoms with Gasteiger partial charge in [0.1, 0.15) is 5.75 Å². The van der Waals surface area contributed by atoms with Gasteiger partial charge in [-0.05, 0) is 51.2 Å². The predicted octanol–water partition coefficient (Wildman–Crippen LogP) is 3.15. The third kappa shape index (κ3) is 5.94. The van der Waals surface area contributed by atoms with E-state index in [0.29, 0.717) is 19.1 Å². The molecule has 176 valence electrons. The topological polar surface area (TPSA) is 69.2 Å². The molecular formula is C25H39N5O2. The van der Waals surface area contributed by atoms with E-state index in [2.05, 4.69) is 22.5 Å². The van der Waals surface area contributed by atoms with Crippen molar-refractivity contribution in [2.75, 3.05) is 44.2 Å². The Kier molecular flexibility index (Phi) is 8.26. The number of nitrogens with one attached hydrogen (secondary N) is 2. The number of para-hydroxylation sites is 2. The van der Waals surface area contributed by atoms with Gasteiger partial charge in [-0.2, -0.15) is 0 Å². The number of anilines is 1. The standard InChI is InChI=1S/C25H39N5O2/c1-2-26-25(28-20-13-17-29(18-14-20)21-9-4-3-5-10-21)27-15-8-16-30-22-11-6-7-12-23(22)32-19-24(30)31/h6-7,11-12,20-21H,2-5,8-10,13-19H2,1H3,(H2,26,27,28). The molecule has 32 heavy (non-hydrogen) atoms. The summed E-state index contributed by atoms with van der Waals surface area (Å²) in [6.45, 7) is 6.80. The van der Waals surface area contributed by atoms with Crippen molar-refractivity contribution in [1.29, 1.82) is 0 Å². The molecule has 0 radical (unpaired) electrons. The molecule has 0 spiro atoms. The van der Waals surface area contributed by atoms with Crippen molar-refractivity contribution in [3.8, 4) is 5.75 Å². The lowest BCUT2D eigenvalue weighted by Crippen LogP contribution is -2.51. The first-order chi connectivity index (χ1) is 15.7. The predicted molar refractivity (Wildman–Crippen MR) is 129 cm³/mol. The summed E-state index contributed by atoms with van der Waals surface area (Å²) < 4.78 is 5.53. The highest BCUT2D eigenvalue weighted by Gasteiger charge is 2.27. The van der Waals surface area contributed by atoms with Crippen molar-refractivity contribution in [1.82, 2.24) is 15.5 Å². The number of guanidine groups is 1. The van der Waals surface area contributed by atoms with Crippen molar-refractivity contribution in [2.24, 2.45) is 4.99 Å². The summed E-state index contributed by atoms with van der Waals surface area (Å²) in [5, 5.41) is 7.05. The highest BCUT2D eigenvalue weighted by molar-refractivity contribution is 5.97. The van der Waals surface area contributed by atoms with Gasteiger partial charge < -0.3 is 25.2 Å². The minimum atomic E-state index is 0.0161. The van der Waals surface area contributed by atoms with E-state index in [-0.39, 0.29) is 12.5 Å². The quantitative estimate of drug-likeness (QED) is 0.386. The van der Waals surface area contributed by atoms with E-state index in [1.165, 1.54) is 58.0 Å². The summed E-state index contributed by atoms with van der Waals surface area (Å²) in [5.41, 5.74) is 0.863. The maximum atomic E-state index is 12.3. The zero-order chi connectivity index (χ0) is 22.2. The van der Waals surface area contributed by atoms with E-state index in [0.717, 1.165) is 36.4 Å². The number of fused-ring (bicyclic) bond motifs is 1. The van der Waals surface area contributed by atoms with Crippen LogP contribution < -0.4 is 20.3 Å². The van der Waals surface area contributed by atoms with Crippen LogP contribution in [0.15, 0.2) is 29.3 Å². The van der Waals surface area contributed by atoms with E-state index in [1.807, 2.05) is 29.2 Å². The molecule has 2 fully saturated rings. The van der Waals surface area contributed by atoms with Gasteiger partial charge in [0, 0.05) is 44.8 Å². The van der Waals surface area contributed by atoms with E-state index in [4.69, 9.17) is 9.73 Å². The average molecular weight is 442 g/mol. The zero-order valence-electron chi connectivity index (χ0n) is 19.5. The molecule has 1 aromatic carbocycles. The maximum absolute atomic E-state index is 12.3. The molecule has 1 saturated heterocycles. The Morgan fingerprint density at radius 3 is 2.69 bits per heavy atom. The molecule has 0 unspecified atom stereocenters. The van der Waals surface area contributed by atoms with E-state index in [9.17, 15) is 4.79 Å². The van der Waals surface area contributed by atoms with Gasteiger partial charge >= 0.3 is 0 Å². The Morgan fingerprint density at radius 1 is 1.12 bits per heavy atom. The zero-order valence-corrected chi connectivity index (χ0v) is 19.5. The van der Waals surface area contributed by atoms with E-state index in [1.54, 1.807) is 0 Å². The van der Waals surface area contributed by atoms with Gasteiger partial charge in [-0.15, -0.1) is 0 Å². The Hall–Kier alpha value is -2.28. The monoisotopic (exact) mass is 441 g/mol. The molecule has 1 aliphatic carbocycles. The number of carbonyl (C=O) groups is 1. The number of benzene rings is 1. The SMILES string of the molecule is CCNC(=NCCCN1C(=O)COc2ccccc21)NC1CCN(C2CCCCC2)CC1. The molecule has 0 aromatic heterocycles. The fourth-order valence-corrected chi connectivity index (χ4v) is 5.19. The number of likely N-dealkylation sites (tertiary alicyclic amines) is 1. The molecule has 2 aliphatic heterocycles. The summed E-state index contributed by atoms with van der Waals surface area (Å²) in [4.78, 5) is 21.7. The average Bonchev–Trinajstić information content (AvgIpc) is 2.84. The molecule has 7 heteroatoms. The number of hydrogen-bond donors (Lipinski definition) is 2. The number of nitrogens with zero attached hydrogens (tertiary/aromatic N) is 3. The molecule has 2 N–H and O–H groups in total. The third-order valence-electron chi connectivity index (χ3n) is 6.92. The smallest absolute Gasteiger partial charge is 0.265 e. The van der Waals surface area contributed by atoms with Crippen LogP contribution in [-0.2, 0) is 4.79 Å². The Morgan fingerprint density at radius 2 is 1.91 bits per heavy atom. The summed E-state index contributed by atoms with van der Waals surface area (Å²) in [6, 6.07) is 9.05.